The van der Waals surface area contributed by atoms with Crippen molar-refractivity contribution in [1.29, 1.82) is 0 Å². The molecule has 5 heteroatoms. The number of hydrogen-bond acceptors (Lipinski definition) is 4. The molecule has 1 aliphatic rings. The third-order valence-electron chi connectivity index (χ3n) is 2.04. The van der Waals surface area contributed by atoms with Crippen molar-refractivity contribution in [3.05, 3.63) is 0 Å². The predicted octanol–water partition coefficient (Wildman–Crippen LogP) is 0.274. The van der Waals surface area contributed by atoms with Gasteiger partial charge in [-0.25, -0.2) is 0 Å². The van der Waals surface area contributed by atoms with Gasteiger partial charge in [0.25, 0.3) is 0 Å². The summed E-state index contributed by atoms with van der Waals surface area (Å²) in [4.78, 5) is 0. The molecule has 0 bridgehead atoms. The maximum atomic E-state index is 5.76. The van der Waals surface area contributed by atoms with E-state index in [1.807, 2.05) is 0 Å². The summed E-state index contributed by atoms with van der Waals surface area (Å²) in [6, 6.07) is -0.202. The lowest BCUT2D eigenvalue weighted by molar-refractivity contribution is 0.0797. The Kier molecular flexibility index (Phi) is 5.17. The molecule has 0 N–H and O–H groups in total. The summed E-state index contributed by atoms with van der Waals surface area (Å²) in [5.41, 5.74) is 0. The summed E-state index contributed by atoms with van der Waals surface area (Å²) < 4.78 is 15.5. The lowest BCUT2D eigenvalue weighted by atomic mass is 9.96. The molecule has 0 amide bonds. The molecule has 0 aromatic heterocycles. The molecule has 0 saturated carbocycles. The summed E-state index contributed by atoms with van der Waals surface area (Å²) in [5, 5.41) is 0.236. The normalized spacial score (nSPS) is 33.8. The van der Waals surface area contributed by atoms with Gasteiger partial charge in [-0.05, 0) is 0 Å². The van der Waals surface area contributed by atoms with Gasteiger partial charge >= 0.3 is 0 Å². The second kappa shape index (κ2) is 5.91. The van der Waals surface area contributed by atoms with Crippen molar-refractivity contribution in [2.75, 3.05) is 33.2 Å². The summed E-state index contributed by atoms with van der Waals surface area (Å²) in [6.07, 6.45) is 0.122. The van der Waals surface area contributed by atoms with E-state index in [-0.39, 0.29) is 17.4 Å². The van der Waals surface area contributed by atoms with Crippen LogP contribution in [0.1, 0.15) is 0 Å². The highest BCUT2D eigenvalue weighted by Gasteiger charge is 2.34. The lowest BCUT2D eigenvalue weighted by Crippen LogP contribution is -2.29. The first-order valence-electron chi connectivity index (χ1n) is 4.30. The van der Waals surface area contributed by atoms with Crippen molar-refractivity contribution in [1.82, 2.24) is 0 Å². The molecule has 0 aliphatic carbocycles. The Hall–Kier alpha value is 0.295. The molecule has 1 heterocycles. The Labute approximate surface area is 84.9 Å². The maximum absolute atomic E-state index is 5.76. The maximum Gasteiger partial charge on any atom is 0.110 e. The van der Waals surface area contributed by atoms with Gasteiger partial charge < -0.3 is 14.2 Å². The standard InChI is InChI=1S/C8H15BO3S/c1-10-3-4-13-7-6(11-2)5-12-8(7)9/h6-8H,3-5H2,1-2H3/t6?,7-,8-/m1/s1. The second-order valence-electron chi connectivity index (χ2n) is 2.90. The molecule has 1 saturated heterocycles. The molecule has 0 spiro atoms. The SMILES string of the molecule is [B][C@@H]1OCC(OC)[C@H]1SCCOC. The van der Waals surface area contributed by atoms with Crippen LogP contribution in [0.3, 0.4) is 0 Å². The Balaban J connectivity index is 2.27. The van der Waals surface area contributed by atoms with Gasteiger partial charge in [0.2, 0.25) is 0 Å². The van der Waals surface area contributed by atoms with E-state index in [0.717, 1.165) is 12.4 Å². The summed E-state index contributed by atoms with van der Waals surface area (Å²) in [5.74, 6) is 0.929. The minimum atomic E-state index is -0.202. The number of methoxy groups -OCH3 is 2. The Morgan fingerprint density at radius 1 is 1.54 bits per heavy atom. The molecule has 2 radical (unpaired) electrons. The molecule has 1 fully saturated rings. The molecule has 1 unspecified atom stereocenters. The smallest absolute Gasteiger partial charge is 0.110 e. The van der Waals surface area contributed by atoms with Crippen LogP contribution < -0.4 is 0 Å². The average Bonchev–Trinajstić information content (AvgIpc) is 2.48. The highest BCUT2D eigenvalue weighted by Crippen LogP contribution is 2.26. The highest BCUT2D eigenvalue weighted by molar-refractivity contribution is 8.00. The van der Waals surface area contributed by atoms with E-state index in [2.05, 4.69) is 0 Å². The zero-order chi connectivity index (χ0) is 9.68. The Bertz CT molecular complexity index is 147. The van der Waals surface area contributed by atoms with Gasteiger partial charge in [-0.2, -0.15) is 11.8 Å². The minimum absolute atomic E-state index is 0.122. The summed E-state index contributed by atoms with van der Waals surface area (Å²) in [7, 11) is 9.15. The van der Waals surface area contributed by atoms with Gasteiger partial charge in [0.05, 0.1) is 24.6 Å². The van der Waals surface area contributed by atoms with Crippen molar-refractivity contribution >= 4 is 19.6 Å². The van der Waals surface area contributed by atoms with Crippen molar-refractivity contribution in [3.63, 3.8) is 0 Å². The van der Waals surface area contributed by atoms with Crippen LogP contribution in [0.5, 0.6) is 0 Å². The van der Waals surface area contributed by atoms with E-state index < -0.39 is 0 Å². The van der Waals surface area contributed by atoms with Gasteiger partial charge in [-0.3, -0.25) is 0 Å². The minimum Gasteiger partial charge on any atom is -0.384 e. The van der Waals surface area contributed by atoms with Crippen molar-refractivity contribution < 1.29 is 14.2 Å². The van der Waals surface area contributed by atoms with E-state index in [1.165, 1.54) is 0 Å². The van der Waals surface area contributed by atoms with Crippen LogP contribution in [0, 0.1) is 0 Å². The molecule has 1 rings (SSSR count). The molecule has 74 valence electrons. The van der Waals surface area contributed by atoms with E-state index in [1.54, 1.807) is 26.0 Å². The average molecular weight is 202 g/mol. The molecule has 13 heavy (non-hydrogen) atoms. The zero-order valence-corrected chi connectivity index (χ0v) is 8.88. The first-order chi connectivity index (χ1) is 6.29. The highest BCUT2D eigenvalue weighted by atomic mass is 32.2. The number of rotatable bonds is 5. The predicted molar refractivity (Wildman–Crippen MR) is 54.4 cm³/mol. The van der Waals surface area contributed by atoms with Crippen LogP contribution in [-0.2, 0) is 14.2 Å². The van der Waals surface area contributed by atoms with Crippen molar-refractivity contribution in [3.8, 4) is 0 Å². The van der Waals surface area contributed by atoms with E-state index in [4.69, 9.17) is 22.1 Å². The second-order valence-corrected chi connectivity index (χ2v) is 4.19. The third kappa shape index (κ3) is 3.16. The number of thioether (sulfide) groups is 1. The number of hydrogen-bond donors (Lipinski definition) is 0. The van der Waals surface area contributed by atoms with Gasteiger partial charge in [-0.15, -0.1) is 0 Å². The summed E-state index contributed by atoms with van der Waals surface area (Å²) >= 11 is 1.75. The zero-order valence-electron chi connectivity index (χ0n) is 8.06. The molecular weight excluding hydrogens is 187 g/mol. The fourth-order valence-corrected chi connectivity index (χ4v) is 2.49. The Morgan fingerprint density at radius 3 is 2.92 bits per heavy atom. The van der Waals surface area contributed by atoms with Crippen LogP contribution in [0.2, 0.25) is 0 Å². The van der Waals surface area contributed by atoms with Gasteiger partial charge in [0, 0.05) is 26.0 Å². The first-order valence-corrected chi connectivity index (χ1v) is 5.35. The van der Waals surface area contributed by atoms with Crippen molar-refractivity contribution in [2.45, 2.75) is 17.4 Å². The molecular formula is C8H15BO3S. The first kappa shape index (κ1) is 11.4. The Morgan fingerprint density at radius 2 is 2.31 bits per heavy atom. The third-order valence-corrected chi connectivity index (χ3v) is 3.40. The molecule has 1 aliphatic heterocycles. The molecule has 0 aromatic carbocycles. The van der Waals surface area contributed by atoms with Gasteiger partial charge in [-0.1, -0.05) is 0 Å². The van der Waals surface area contributed by atoms with Crippen LogP contribution >= 0.6 is 11.8 Å². The van der Waals surface area contributed by atoms with E-state index >= 15 is 0 Å². The van der Waals surface area contributed by atoms with Crippen LogP contribution in [0.4, 0.5) is 0 Å². The monoisotopic (exact) mass is 202 g/mol. The fourth-order valence-electron chi connectivity index (χ4n) is 1.28. The molecule has 3 atom stereocenters. The summed E-state index contributed by atoms with van der Waals surface area (Å²) in [6.45, 7) is 1.34. The molecule has 0 aromatic rings. The van der Waals surface area contributed by atoms with Gasteiger partial charge in [0.15, 0.2) is 0 Å². The van der Waals surface area contributed by atoms with Gasteiger partial charge in [0.1, 0.15) is 7.85 Å². The number of ether oxygens (including phenoxy) is 3. The van der Waals surface area contributed by atoms with Crippen LogP contribution in [-0.4, -0.2) is 58.4 Å². The van der Waals surface area contributed by atoms with Crippen LogP contribution in [0.25, 0.3) is 0 Å². The molecule has 3 nitrogen and oxygen atoms in total. The van der Waals surface area contributed by atoms with E-state index in [0.29, 0.717) is 6.61 Å². The van der Waals surface area contributed by atoms with Crippen LogP contribution in [0.15, 0.2) is 0 Å². The fraction of sp³-hybridized carbons (Fsp3) is 1.00. The van der Waals surface area contributed by atoms with Crippen molar-refractivity contribution in [2.24, 2.45) is 0 Å². The topological polar surface area (TPSA) is 27.7 Å². The van der Waals surface area contributed by atoms with E-state index in [9.17, 15) is 0 Å². The quantitative estimate of drug-likeness (QED) is 0.472. The lowest BCUT2D eigenvalue weighted by Gasteiger charge is -2.18. The largest absolute Gasteiger partial charge is 0.384 e.